The van der Waals surface area contributed by atoms with Crippen LogP contribution in [-0.4, -0.2) is 18.6 Å². The number of halogens is 1. The van der Waals surface area contributed by atoms with E-state index in [9.17, 15) is 12.8 Å². The minimum atomic E-state index is -3.48. The van der Waals surface area contributed by atoms with Crippen molar-refractivity contribution in [3.05, 3.63) is 47.4 Å². The van der Waals surface area contributed by atoms with Crippen LogP contribution < -0.4 is 0 Å². The largest absolute Gasteiger partial charge is 0.338 e. The average Bonchev–Trinajstić information content (AvgIpc) is 2.75. The predicted molar refractivity (Wildman–Crippen MR) is 71.1 cm³/mol. The van der Waals surface area contributed by atoms with Crippen LogP contribution in [0.3, 0.4) is 0 Å². The number of sulfone groups is 1. The first-order chi connectivity index (χ1) is 9.35. The van der Waals surface area contributed by atoms with Crippen molar-refractivity contribution in [2.75, 3.05) is 0 Å². The molecule has 0 unspecified atom stereocenters. The second-order valence-corrected chi connectivity index (χ2v) is 6.93. The van der Waals surface area contributed by atoms with Crippen molar-refractivity contribution >= 4 is 9.84 Å². The van der Waals surface area contributed by atoms with Gasteiger partial charge in [-0.05, 0) is 17.7 Å². The fourth-order valence-electron chi connectivity index (χ4n) is 1.68. The molecular formula is C13H15FN2O3S. The summed E-state index contributed by atoms with van der Waals surface area (Å²) in [5.74, 6) is -0.463. The maximum Gasteiger partial charge on any atom is 0.241 e. The van der Waals surface area contributed by atoms with Gasteiger partial charge in [0, 0.05) is 5.92 Å². The van der Waals surface area contributed by atoms with E-state index in [1.165, 1.54) is 18.2 Å². The molecule has 1 aromatic carbocycles. The Morgan fingerprint density at radius 2 is 2.05 bits per heavy atom. The summed E-state index contributed by atoms with van der Waals surface area (Å²) in [5.41, 5.74) is 0.397. The Kier molecular flexibility index (Phi) is 4.17. The molecule has 2 rings (SSSR count). The number of nitrogens with zero attached hydrogens (tertiary/aromatic N) is 2. The summed E-state index contributed by atoms with van der Waals surface area (Å²) in [4.78, 5) is 4.02. The van der Waals surface area contributed by atoms with Crippen LogP contribution in [0, 0.1) is 5.82 Å². The number of benzene rings is 1. The topological polar surface area (TPSA) is 73.1 Å². The Labute approximate surface area is 116 Å². The lowest BCUT2D eigenvalue weighted by atomic mass is 10.2. The highest BCUT2D eigenvalue weighted by atomic mass is 32.2. The van der Waals surface area contributed by atoms with Gasteiger partial charge < -0.3 is 4.52 Å². The SMILES string of the molecule is CC(C)c1noc(CS(=O)(=O)Cc2cccc(F)c2)n1. The van der Waals surface area contributed by atoms with E-state index in [0.29, 0.717) is 11.4 Å². The smallest absolute Gasteiger partial charge is 0.241 e. The normalized spacial score (nSPS) is 12.0. The van der Waals surface area contributed by atoms with Crippen molar-refractivity contribution in [2.24, 2.45) is 0 Å². The van der Waals surface area contributed by atoms with Crippen LogP contribution in [0.2, 0.25) is 0 Å². The van der Waals surface area contributed by atoms with E-state index < -0.39 is 15.7 Å². The van der Waals surface area contributed by atoms with Crippen molar-refractivity contribution in [1.82, 2.24) is 10.1 Å². The van der Waals surface area contributed by atoms with Gasteiger partial charge in [-0.3, -0.25) is 0 Å². The summed E-state index contributed by atoms with van der Waals surface area (Å²) < 4.78 is 42.0. The van der Waals surface area contributed by atoms with Crippen LogP contribution in [0.1, 0.15) is 37.0 Å². The lowest BCUT2D eigenvalue weighted by Gasteiger charge is -2.02. The Balaban J connectivity index is 2.10. The van der Waals surface area contributed by atoms with E-state index in [2.05, 4.69) is 10.1 Å². The average molecular weight is 298 g/mol. The van der Waals surface area contributed by atoms with Crippen LogP contribution in [0.15, 0.2) is 28.8 Å². The second-order valence-electron chi connectivity index (χ2n) is 4.86. The van der Waals surface area contributed by atoms with Gasteiger partial charge in [0.15, 0.2) is 15.7 Å². The van der Waals surface area contributed by atoms with E-state index in [1.807, 2.05) is 13.8 Å². The zero-order valence-electron chi connectivity index (χ0n) is 11.2. The van der Waals surface area contributed by atoms with Crippen LogP contribution in [0.5, 0.6) is 0 Å². The third-order valence-corrected chi connectivity index (χ3v) is 4.08. The number of hydrogen-bond donors (Lipinski definition) is 0. The molecule has 1 aromatic heterocycles. The number of rotatable bonds is 5. The summed E-state index contributed by atoms with van der Waals surface area (Å²) in [6, 6.07) is 5.51. The molecule has 0 N–H and O–H groups in total. The Morgan fingerprint density at radius 1 is 1.30 bits per heavy atom. The number of hydrogen-bond acceptors (Lipinski definition) is 5. The Morgan fingerprint density at radius 3 is 2.65 bits per heavy atom. The molecule has 20 heavy (non-hydrogen) atoms. The molecule has 5 nitrogen and oxygen atoms in total. The molecule has 0 aliphatic carbocycles. The van der Waals surface area contributed by atoms with Gasteiger partial charge in [0.1, 0.15) is 11.6 Å². The van der Waals surface area contributed by atoms with Crippen molar-refractivity contribution in [1.29, 1.82) is 0 Å². The fourth-order valence-corrected chi connectivity index (χ4v) is 2.96. The molecule has 0 radical (unpaired) electrons. The van der Waals surface area contributed by atoms with E-state index in [0.717, 1.165) is 0 Å². The van der Waals surface area contributed by atoms with Crippen molar-refractivity contribution in [3.8, 4) is 0 Å². The molecule has 7 heteroatoms. The zero-order valence-corrected chi connectivity index (χ0v) is 12.0. The van der Waals surface area contributed by atoms with Crippen molar-refractivity contribution in [2.45, 2.75) is 31.3 Å². The van der Waals surface area contributed by atoms with Crippen molar-refractivity contribution < 1.29 is 17.3 Å². The van der Waals surface area contributed by atoms with Gasteiger partial charge in [-0.2, -0.15) is 4.98 Å². The van der Waals surface area contributed by atoms with E-state index >= 15 is 0 Å². The summed E-state index contributed by atoms with van der Waals surface area (Å²) in [5, 5.41) is 3.71. The van der Waals surface area contributed by atoms with Gasteiger partial charge in [0.25, 0.3) is 0 Å². The molecule has 108 valence electrons. The fraction of sp³-hybridized carbons (Fsp3) is 0.385. The van der Waals surface area contributed by atoms with Crippen LogP contribution in [-0.2, 0) is 21.3 Å². The minimum absolute atomic E-state index is 0.0603. The van der Waals surface area contributed by atoms with Gasteiger partial charge in [-0.1, -0.05) is 31.1 Å². The molecule has 0 saturated carbocycles. The highest BCUT2D eigenvalue weighted by molar-refractivity contribution is 7.89. The standard InChI is InChI=1S/C13H15FN2O3S/c1-9(2)13-15-12(19-16-13)8-20(17,18)7-10-4-3-5-11(14)6-10/h3-6,9H,7-8H2,1-2H3. The van der Waals surface area contributed by atoms with Crippen LogP contribution in [0.25, 0.3) is 0 Å². The highest BCUT2D eigenvalue weighted by Crippen LogP contribution is 2.15. The third-order valence-electron chi connectivity index (χ3n) is 2.62. The first-order valence-corrected chi connectivity index (χ1v) is 7.95. The Bertz CT molecular complexity index is 695. The first-order valence-electron chi connectivity index (χ1n) is 6.13. The summed E-state index contributed by atoms with van der Waals surface area (Å²) in [6.45, 7) is 3.77. The number of aromatic nitrogens is 2. The monoisotopic (exact) mass is 298 g/mol. The van der Waals surface area contributed by atoms with Gasteiger partial charge >= 0.3 is 0 Å². The molecule has 2 aromatic rings. The summed E-state index contributed by atoms with van der Waals surface area (Å²) in [7, 11) is -3.48. The van der Waals surface area contributed by atoms with E-state index in [1.54, 1.807) is 6.07 Å². The molecular weight excluding hydrogens is 283 g/mol. The molecule has 0 fully saturated rings. The van der Waals surface area contributed by atoms with Gasteiger partial charge in [0.05, 0.1) is 5.75 Å². The molecule has 0 aliphatic rings. The van der Waals surface area contributed by atoms with Gasteiger partial charge in [-0.25, -0.2) is 12.8 Å². The van der Waals surface area contributed by atoms with Gasteiger partial charge in [-0.15, -0.1) is 0 Å². The predicted octanol–water partition coefficient (Wildman–Crippen LogP) is 2.45. The second kappa shape index (κ2) is 5.70. The van der Waals surface area contributed by atoms with E-state index in [-0.39, 0.29) is 23.3 Å². The van der Waals surface area contributed by atoms with E-state index in [4.69, 9.17) is 4.52 Å². The maximum absolute atomic E-state index is 13.0. The zero-order chi connectivity index (χ0) is 14.8. The first kappa shape index (κ1) is 14.6. The lowest BCUT2D eigenvalue weighted by molar-refractivity contribution is 0.380. The lowest BCUT2D eigenvalue weighted by Crippen LogP contribution is -2.08. The molecule has 0 bridgehead atoms. The van der Waals surface area contributed by atoms with Crippen LogP contribution >= 0.6 is 0 Å². The molecule has 0 spiro atoms. The van der Waals surface area contributed by atoms with Crippen molar-refractivity contribution in [3.63, 3.8) is 0 Å². The Hall–Kier alpha value is -1.76. The molecule has 1 heterocycles. The molecule has 0 atom stereocenters. The van der Waals surface area contributed by atoms with Crippen LogP contribution in [0.4, 0.5) is 4.39 Å². The summed E-state index contributed by atoms with van der Waals surface area (Å²) in [6.07, 6.45) is 0. The molecule has 0 aliphatic heterocycles. The molecule has 0 saturated heterocycles. The maximum atomic E-state index is 13.0. The minimum Gasteiger partial charge on any atom is -0.338 e. The molecule has 0 amide bonds. The van der Waals surface area contributed by atoms with Gasteiger partial charge in [0.2, 0.25) is 5.89 Å². The summed E-state index contributed by atoms with van der Waals surface area (Å²) >= 11 is 0. The third kappa shape index (κ3) is 3.86. The highest BCUT2D eigenvalue weighted by Gasteiger charge is 2.19. The quantitative estimate of drug-likeness (QED) is 0.847.